The van der Waals surface area contributed by atoms with Crippen LogP contribution in [0, 0.1) is 5.82 Å². The van der Waals surface area contributed by atoms with E-state index in [0.717, 1.165) is 16.3 Å². The van der Waals surface area contributed by atoms with Crippen LogP contribution in [0.25, 0.3) is 10.8 Å². The second-order valence-corrected chi connectivity index (χ2v) is 6.31. The molecule has 128 valence electrons. The normalized spacial score (nSPS) is 12.3. The van der Waals surface area contributed by atoms with Crippen LogP contribution < -0.4 is 5.32 Å². The molecule has 1 N–H and O–H groups in total. The number of fused-ring (bicyclic) bond motifs is 1. The van der Waals surface area contributed by atoms with Crippen molar-refractivity contribution >= 4 is 16.7 Å². The molecule has 0 heterocycles. The van der Waals surface area contributed by atoms with Crippen LogP contribution in [0.4, 0.5) is 4.39 Å². The van der Waals surface area contributed by atoms with E-state index in [2.05, 4.69) is 5.32 Å². The summed E-state index contributed by atoms with van der Waals surface area (Å²) in [4.78, 5) is 14.5. The molecule has 1 atom stereocenters. The van der Waals surface area contributed by atoms with Gasteiger partial charge in [-0.2, -0.15) is 0 Å². The molecule has 3 rings (SSSR count). The summed E-state index contributed by atoms with van der Waals surface area (Å²) in [5.41, 5.74) is 1.46. The molecule has 0 bridgehead atoms. The first kappa shape index (κ1) is 17.1. The third kappa shape index (κ3) is 4.03. The highest BCUT2D eigenvalue weighted by Gasteiger charge is 2.16. The van der Waals surface area contributed by atoms with E-state index in [4.69, 9.17) is 0 Å². The van der Waals surface area contributed by atoms with Crippen LogP contribution in [0.2, 0.25) is 0 Å². The summed E-state index contributed by atoms with van der Waals surface area (Å²) < 4.78 is 13.5. The first-order chi connectivity index (χ1) is 12.0. The maximum Gasteiger partial charge on any atom is 0.251 e. The molecule has 0 fully saturated rings. The summed E-state index contributed by atoms with van der Waals surface area (Å²) >= 11 is 0. The molecule has 0 aliphatic carbocycles. The Morgan fingerprint density at radius 2 is 1.76 bits per heavy atom. The van der Waals surface area contributed by atoms with Gasteiger partial charge in [0.1, 0.15) is 5.82 Å². The highest BCUT2D eigenvalue weighted by atomic mass is 19.1. The summed E-state index contributed by atoms with van der Waals surface area (Å²) in [5.74, 6) is -0.404. The van der Waals surface area contributed by atoms with Gasteiger partial charge in [-0.05, 0) is 54.7 Å². The van der Waals surface area contributed by atoms with Gasteiger partial charge in [-0.25, -0.2) is 4.39 Å². The highest BCUT2D eigenvalue weighted by Crippen LogP contribution is 2.19. The first-order valence-corrected chi connectivity index (χ1v) is 8.23. The zero-order valence-corrected chi connectivity index (χ0v) is 14.4. The molecule has 3 aromatic rings. The molecule has 25 heavy (non-hydrogen) atoms. The topological polar surface area (TPSA) is 32.3 Å². The zero-order chi connectivity index (χ0) is 17.8. The Morgan fingerprint density at radius 1 is 1.00 bits per heavy atom. The van der Waals surface area contributed by atoms with E-state index in [0.29, 0.717) is 12.1 Å². The van der Waals surface area contributed by atoms with E-state index >= 15 is 0 Å². The molecule has 3 nitrogen and oxygen atoms in total. The zero-order valence-electron chi connectivity index (χ0n) is 14.4. The Kier molecular flexibility index (Phi) is 5.10. The molecule has 1 unspecified atom stereocenters. The molecule has 0 spiro atoms. The van der Waals surface area contributed by atoms with Gasteiger partial charge < -0.3 is 10.2 Å². The third-order valence-corrected chi connectivity index (χ3v) is 4.32. The van der Waals surface area contributed by atoms with Crippen molar-refractivity contribution in [1.82, 2.24) is 10.2 Å². The summed E-state index contributed by atoms with van der Waals surface area (Å²) in [7, 11) is 3.83. The number of nitrogens with zero attached hydrogens (tertiary/aromatic N) is 1. The Balaban J connectivity index is 1.74. The Labute approximate surface area is 147 Å². The van der Waals surface area contributed by atoms with Gasteiger partial charge in [-0.3, -0.25) is 4.79 Å². The standard InChI is InChI=1S/C21H21FN2O/c1-24(2)20(17-8-5-9-19(22)13-17)14-23-21(25)18-11-10-15-6-3-4-7-16(15)12-18/h3-13,20H,14H2,1-2H3,(H,23,25). The lowest BCUT2D eigenvalue weighted by atomic mass is 10.0. The fraction of sp³-hybridized carbons (Fsp3) is 0.190. The van der Waals surface area contributed by atoms with E-state index in [9.17, 15) is 9.18 Å². The number of hydrogen-bond acceptors (Lipinski definition) is 2. The van der Waals surface area contributed by atoms with Gasteiger partial charge in [-0.1, -0.05) is 42.5 Å². The lowest BCUT2D eigenvalue weighted by molar-refractivity contribution is 0.0942. The molecular formula is C21H21FN2O. The second kappa shape index (κ2) is 7.45. The van der Waals surface area contributed by atoms with Gasteiger partial charge in [0.05, 0.1) is 6.04 Å². The van der Waals surface area contributed by atoms with Crippen LogP contribution >= 0.6 is 0 Å². The lowest BCUT2D eigenvalue weighted by Crippen LogP contribution is -2.34. The molecule has 0 saturated heterocycles. The molecule has 0 saturated carbocycles. The smallest absolute Gasteiger partial charge is 0.251 e. The van der Waals surface area contributed by atoms with Crippen molar-refractivity contribution in [2.24, 2.45) is 0 Å². The summed E-state index contributed by atoms with van der Waals surface area (Å²) in [5, 5.41) is 5.09. The van der Waals surface area contributed by atoms with Crippen molar-refractivity contribution in [2.45, 2.75) is 6.04 Å². The summed E-state index contributed by atoms with van der Waals surface area (Å²) in [6, 6.07) is 20.0. The molecule has 0 radical (unpaired) electrons. The Hall–Kier alpha value is -2.72. The number of likely N-dealkylation sites (N-methyl/N-ethyl adjacent to an activating group) is 1. The van der Waals surface area contributed by atoms with E-state index in [1.54, 1.807) is 6.07 Å². The third-order valence-electron chi connectivity index (χ3n) is 4.32. The van der Waals surface area contributed by atoms with Gasteiger partial charge in [0.2, 0.25) is 0 Å². The van der Waals surface area contributed by atoms with E-state index in [1.807, 2.05) is 67.5 Å². The number of carbonyl (C=O) groups excluding carboxylic acids is 1. The molecule has 0 aliphatic heterocycles. The molecule has 0 aliphatic rings. The van der Waals surface area contributed by atoms with Crippen LogP contribution in [0.3, 0.4) is 0 Å². The average molecular weight is 336 g/mol. The van der Waals surface area contributed by atoms with Crippen molar-refractivity contribution in [3.05, 3.63) is 83.7 Å². The molecule has 3 aromatic carbocycles. The van der Waals surface area contributed by atoms with Crippen LogP contribution in [0.15, 0.2) is 66.7 Å². The molecule has 0 aromatic heterocycles. The number of benzene rings is 3. The van der Waals surface area contributed by atoms with Crippen molar-refractivity contribution in [3.8, 4) is 0 Å². The predicted octanol–water partition coefficient (Wildman–Crippen LogP) is 4.01. The van der Waals surface area contributed by atoms with Gasteiger partial charge in [0.15, 0.2) is 0 Å². The minimum absolute atomic E-state index is 0.0971. The fourth-order valence-corrected chi connectivity index (χ4v) is 2.93. The fourth-order valence-electron chi connectivity index (χ4n) is 2.93. The molecular weight excluding hydrogens is 315 g/mol. The maximum atomic E-state index is 13.5. The van der Waals surface area contributed by atoms with Crippen LogP contribution in [-0.2, 0) is 0 Å². The SMILES string of the molecule is CN(C)C(CNC(=O)c1ccc2ccccc2c1)c1cccc(F)c1. The predicted molar refractivity (Wildman–Crippen MR) is 99.1 cm³/mol. The molecule has 4 heteroatoms. The first-order valence-electron chi connectivity index (χ1n) is 8.23. The number of hydrogen-bond donors (Lipinski definition) is 1. The monoisotopic (exact) mass is 336 g/mol. The lowest BCUT2D eigenvalue weighted by Gasteiger charge is -2.25. The minimum atomic E-state index is -0.273. The number of nitrogens with one attached hydrogen (secondary N) is 1. The van der Waals surface area contributed by atoms with E-state index in [-0.39, 0.29) is 17.8 Å². The van der Waals surface area contributed by atoms with Gasteiger partial charge in [-0.15, -0.1) is 0 Å². The van der Waals surface area contributed by atoms with Crippen molar-refractivity contribution in [2.75, 3.05) is 20.6 Å². The Bertz CT molecular complexity index is 892. The van der Waals surface area contributed by atoms with Gasteiger partial charge >= 0.3 is 0 Å². The van der Waals surface area contributed by atoms with E-state index < -0.39 is 0 Å². The number of rotatable bonds is 5. The van der Waals surface area contributed by atoms with Crippen molar-refractivity contribution in [3.63, 3.8) is 0 Å². The number of carbonyl (C=O) groups is 1. The van der Waals surface area contributed by atoms with Crippen molar-refractivity contribution < 1.29 is 9.18 Å². The largest absolute Gasteiger partial charge is 0.350 e. The number of halogens is 1. The van der Waals surface area contributed by atoms with Gasteiger partial charge in [0.25, 0.3) is 5.91 Å². The molecule has 1 amide bonds. The van der Waals surface area contributed by atoms with E-state index in [1.165, 1.54) is 12.1 Å². The van der Waals surface area contributed by atoms with Crippen LogP contribution in [0.1, 0.15) is 22.0 Å². The Morgan fingerprint density at radius 3 is 2.48 bits per heavy atom. The quantitative estimate of drug-likeness (QED) is 0.763. The summed E-state index contributed by atoms with van der Waals surface area (Å²) in [6.07, 6.45) is 0. The highest BCUT2D eigenvalue weighted by molar-refractivity contribution is 5.98. The van der Waals surface area contributed by atoms with Crippen molar-refractivity contribution in [1.29, 1.82) is 0 Å². The van der Waals surface area contributed by atoms with Crippen LogP contribution in [0.5, 0.6) is 0 Å². The second-order valence-electron chi connectivity index (χ2n) is 6.31. The van der Waals surface area contributed by atoms with Gasteiger partial charge in [0, 0.05) is 12.1 Å². The maximum absolute atomic E-state index is 13.5. The minimum Gasteiger partial charge on any atom is -0.350 e. The number of amides is 1. The average Bonchev–Trinajstić information content (AvgIpc) is 2.61. The van der Waals surface area contributed by atoms with Crippen LogP contribution in [-0.4, -0.2) is 31.4 Å². The summed E-state index contributed by atoms with van der Waals surface area (Å²) in [6.45, 7) is 0.405.